The SMILES string of the molecule is Cl.Cl.Cl.c1ccc(-c2cc(-c3ccncc3)c(N3CCN(c4ncccn4)CC3)nn2)cc1.c1ccc(-c2cc(-c3ccncc3)c(N3CCN(c4ncccn4)CC3)nn2)cc1. The zero-order valence-corrected chi connectivity index (χ0v) is 36.6. The van der Waals surface area contributed by atoms with Gasteiger partial charge in [0.25, 0.3) is 0 Å². The van der Waals surface area contributed by atoms with Gasteiger partial charge in [0, 0.05) is 124 Å². The Hall–Kier alpha value is -6.87. The average molecular weight is 900 g/mol. The fraction of sp³-hybridized carbons (Fsp3) is 0.174. The van der Waals surface area contributed by atoms with Crippen LogP contribution in [0.15, 0.2) is 159 Å². The highest BCUT2D eigenvalue weighted by Gasteiger charge is 2.25. The van der Waals surface area contributed by atoms with Crippen LogP contribution in [0.5, 0.6) is 0 Å². The van der Waals surface area contributed by atoms with Crippen LogP contribution in [0.1, 0.15) is 0 Å². The third kappa shape index (κ3) is 11.0. The minimum absolute atomic E-state index is 0. The number of pyridine rings is 2. The zero-order valence-electron chi connectivity index (χ0n) is 34.2. The number of benzene rings is 2. The molecule has 63 heavy (non-hydrogen) atoms. The van der Waals surface area contributed by atoms with E-state index in [0.29, 0.717) is 0 Å². The normalized spacial score (nSPS) is 13.3. The van der Waals surface area contributed by atoms with Crippen LogP contribution in [-0.4, -0.2) is 103 Å². The summed E-state index contributed by atoms with van der Waals surface area (Å²) in [6.45, 7) is 6.66. The van der Waals surface area contributed by atoms with Crippen LogP contribution in [-0.2, 0) is 0 Å². The standard InChI is InChI=1S/2C23H21N7.3ClH/c2*1-2-5-19(6-3-1)21-17-20(18-7-11-24-12-8-18)22(28-27-21)29-13-15-30(16-14-29)23-25-9-4-10-26-23;;;/h2*1-12,17H,13-16H2;3*1H. The van der Waals surface area contributed by atoms with Crippen molar-refractivity contribution >= 4 is 60.8 Å². The molecule has 0 spiro atoms. The van der Waals surface area contributed by atoms with Gasteiger partial charge in [-0.1, -0.05) is 60.7 Å². The molecule has 0 saturated carbocycles. The lowest BCUT2D eigenvalue weighted by atomic mass is 10.0. The summed E-state index contributed by atoms with van der Waals surface area (Å²) in [6.07, 6.45) is 14.4. The molecule has 0 N–H and O–H groups in total. The second kappa shape index (κ2) is 22.3. The maximum Gasteiger partial charge on any atom is 0.225 e. The largest absolute Gasteiger partial charge is 0.351 e. The Balaban J connectivity index is 0.000000200. The Morgan fingerprint density at radius 2 is 0.651 bits per heavy atom. The number of piperazine rings is 2. The summed E-state index contributed by atoms with van der Waals surface area (Å²) in [5.74, 6) is 3.35. The van der Waals surface area contributed by atoms with E-state index in [1.165, 1.54) is 0 Å². The van der Waals surface area contributed by atoms with Crippen molar-refractivity contribution in [2.75, 3.05) is 72.0 Å². The van der Waals surface area contributed by atoms with Gasteiger partial charge in [0.1, 0.15) is 0 Å². The van der Waals surface area contributed by atoms with Crippen LogP contribution < -0.4 is 19.6 Å². The smallest absolute Gasteiger partial charge is 0.225 e. The van der Waals surface area contributed by atoms with Gasteiger partial charge in [0.2, 0.25) is 11.9 Å². The second-order valence-electron chi connectivity index (χ2n) is 14.2. The fourth-order valence-electron chi connectivity index (χ4n) is 7.37. The molecule has 8 aromatic rings. The van der Waals surface area contributed by atoms with E-state index in [0.717, 1.165) is 121 Å². The molecule has 14 nitrogen and oxygen atoms in total. The zero-order chi connectivity index (χ0) is 40.4. The minimum atomic E-state index is 0. The van der Waals surface area contributed by atoms with Crippen molar-refractivity contribution < 1.29 is 0 Å². The first kappa shape index (κ1) is 45.7. The van der Waals surface area contributed by atoms with E-state index in [-0.39, 0.29) is 37.2 Å². The topological polar surface area (TPSA) is 142 Å². The lowest BCUT2D eigenvalue weighted by molar-refractivity contribution is 0.632. The Kier molecular flexibility index (Phi) is 16.2. The molecule has 2 fully saturated rings. The summed E-state index contributed by atoms with van der Waals surface area (Å²) in [7, 11) is 0. The first-order valence-corrected chi connectivity index (χ1v) is 20.0. The molecule has 2 aliphatic heterocycles. The summed E-state index contributed by atoms with van der Waals surface area (Å²) >= 11 is 0. The van der Waals surface area contributed by atoms with Gasteiger partial charge in [-0.2, -0.15) is 0 Å². The van der Waals surface area contributed by atoms with E-state index in [1.54, 1.807) is 24.8 Å². The molecule has 0 bridgehead atoms. The van der Waals surface area contributed by atoms with Gasteiger partial charge in [-0.25, -0.2) is 19.9 Å². The fourth-order valence-corrected chi connectivity index (χ4v) is 7.37. The maximum atomic E-state index is 4.66. The van der Waals surface area contributed by atoms with Gasteiger partial charge in [0.05, 0.1) is 11.4 Å². The molecule has 0 aliphatic carbocycles. The predicted octanol–water partition coefficient (Wildman–Crippen LogP) is 7.91. The Morgan fingerprint density at radius 1 is 0.317 bits per heavy atom. The Morgan fingerprint density at radius 3 is 1.00 bits per heavy atom. The van der Waals surface area contributed by atoms with Gasteiger partial charge in [-0.3, -0.25) is 9.97 Å². The van der Waals surface area contributed by atoms with Crippen LogP contribution in [0, 0.1) is 0 Å². The lowest BCUT2D eigenvalue weighted by Gasteiger charge is -2.36. The molecule has 17 heteroatoms. The Labute approximate surface area is 384 Å². The predicted molar refractivity (Wildman–Crippen MR) is 256 cm³/mol. The summed E-state index contributed by atoms with van der Waals surface area (Å²) in [4.78, 5) is 34.8. The van der Waals surface area contributed by atoms with E-state index in [1.807, 2.05) is 97.6 Å². The van der Waals surface area contributed by atoms with Gasteiger partial charge < -0.3 is 19.6 Å². The highest BCUT2D eigenvalue weighted by molar-refractivity contribution is 5.86. The first-order valence-electron chi connectivity index (χ1n) is 20.0. The average Bonchev–Trinajstić information content (AvgIpc) is 3.35. The molecule has 0 radical (unpaired) electrons. The van der Waals surface area contributed by atoms with Crippen LogP contribution in [0.2, 0.25) is 0 Å². The molecule has 2 aromatic carbocycles. The number of anilines is 4. The maximum absolute atomic E-state index is 4.66. The van der Waals surface area contributed by atoms with E-state index >= 15 is 0 Å². The van der Waals surface area contributed by atoms with Crippen molar-refractivity contribution in [3.8, 4) is 44.8 Å². The second-order valence-corrected chi connectivity index (χ2v) is 14.2. The van der Waals surface area contributed by atoms with Crippen LogP contribution in [0.4, 0.5) is 23.5 Å². The third-order valence-electron chi connectivity index (χ3n) is 10.5. The van der Waals surface area contributed by atoms with Crippen LogP contribution in [0.25, 0.3) is 44.8 Å². The highest BCUT2D eigenvalue weighted by Crippen LogP contribution is 2.34. The number of hydrogen-bond donors (Lipinski definition) is 0. The molecule has 0 unspecified atom stereocenters. The first-order chi connectivity index (χ1) is 29.8. The van der Waals surface area contributed by atoms with E-state index in [2.05, 4.69) is 106 Å². The molecule has 6 aromatic heterocycles. The monoisotopic (exact) mass is 898 g/mol. The summed E-state index contributed by atoms with van der Waals surface area (Å²) in [6, 6.07) is 36.3. The van der Waals surface area contributed by atoms with Crippen molar-refractivity contribution in [1.29, 1.82) is 0 Å². The molecular weight excluding hydrogens is 855 g/mol. The highest BCUT2D eigenvalue weighted by atomic mass is 35.5. The molecule has 2 saturated heterocycles. The van der Waals surface area contributed by atoms with Gasteiger partial charge in [0.15, 0.2) is 11.6 Å². The minimum Gasteiger partial charge on any atom is -0.351 e. The molecule has 2 aliphatic rings. The van der Waals surface area contributed by atoms with E-state index in [4.69, 9.17) is 0 Å². The van der Waals surface area contributed by atoms with Crippen molar-refractivity contribution in [2.24, 2.45) is 0 Å². The number of nitrogens with zero attached hydrogens (tertiary/aromatic N) is 14. The molecule has 10 rings (SSSR count). The Bertz CT molecular complexity index is 2390. The molecule has 0 amide bonds. The molecule has 8 heterocycles. The summed E-state index contributed by atoms with van der Waals surface area (Å²) < 4.78 is 0. The van der Waals surface area contributed by atoms with Crippen LogP contribution >= 0.6 is 37.2 Å². The molecular formula is C46H45Cl3N14. The van der Waals surface area contributed by atoms with Crippen molar-refractivity contribution in [3.05, 3.63) is 159 Å². The van der Waals surface area contributed by atoms with E-state index in [9.17, 15) is 0 Å². The van der Waals surface area contributed by atoms with E-state index < -0.39 is 0 Å². The summed E-state index contributed by atoms with van der Waals surface area (Å²) in [5, 5.41) is 18.4. The van der Waals surface area contributed by atoms with Gasteiger partial charge >= 0.3 is 0 Å². The number of hydrogen-bond acceptors (Lipinski definition) is 14. The van der Waals surface area contributed by atoms with Crippen LogP contribution in [0.3, 0.4) is 0 Å². The van der Waals surface area contributed by atoms with Crippen molar-refractivity contribution in [3.63, 3.8) is 0 Å². The number of aromatic nitrogens is 10. The molecule has 0 atom stereocenters. The third-order valence-corrected chi connectivity index (χ3v) is 10.5. The van der Waals surface area contributed by atoms with Gasteiger partial charge in [-0.05, 0) is 59.7 Å². The van der Waals surface area contributed by atoms with Crippen molar-refractivity contribution in [2.45, 2.75) is 0 Å². The van der Waals surface area contributed by atoms with Gasteiger partial charge in [-0.15, -0.1) is 57.6 Å². The quantitative estimate of drug-likeness (QED) is 0.146. The van der Waals surface area contributed by atoms with Crippen molar-refractivity contribution in [1.82, 2.24) is 50.3 Å². The number of rotatable bonds is 8. The lowest BCUT2D eigenvalue weighted by Crippen LogP contribution is -2.47. The summed E-state index contributed by atoms with van der Waals surface area (Å²) in [5.41, 5.74) is 8.13. The molecule has 320 valence electrons. The number of halogens is 3.